The van der Waals surface area contributed by atoms with Gasteiger partial charge >= 0.3 is 0 Å². The van der Waals surface area contributed by atoms with Crippen molar-refractivity contribution in [2.45, 2.75) is 32.3 Å². The zero-order chi connectivity index (χ0) is 8.81. The van der Waals surface area contributed by atoms with E-state index in [1.54, 1.807) is 0 Å². The predicted octanol–water partition coefficient (Wildman–Crippen LogP) is 1.71. The second-order valence-electron chi connectivity index (χ2n) is 3.37. The molecular formula is C10H19NO. The molecule has 0 aromatic heterocycles. The quantitative estimate of drug-likeness (QED) is 0.650. The van der Waals surface area contributed by atoms with Crippen molar-refractivity contribution in [3.05, 3.63) is 12.2 Å². The first-order chi connectivity index (χ1) is 5.88. The van der Waals surface area contributed by atoms with Crippen LogP contribution < -0.4 is 5.73 Å². The molecule has 0 spiro atoms. The summed E-state index contributed by atoms with van der Waals surface area (Å²) in [6.07, 6.45) is 8.21. The Morgan fingerprint density at radius 2 is 2.33 bits per heavy atom. The number of hydrogen-bond donors (Lipinski definition) is 1. The lowest BCUT2D eigenvalue weighted by Crippen LogP contribution is -2.25. The van der Waals surface area contributed by atoms with Crippen molar-refractivity contribution in [2.24, 2.45) is 11.7 Å². The fraction of sp³-hybridized carbons (Fsp3) is 0.800. The van der Waals surface area contributed by atoms with Crippen molar-refractivity contribution in [3.8, 4) is 0 Å². The Hall–Kier alpha value is -0.340. The molecule has 0 aromatic carbocycles. The predicted molar refractivity (Wildman–Crippen MR) is 50.9 cm³/mol. The molecule has 12 heavy (non-hydrogen) atoms. The average Bonchev–Trinajstić information content (AvgIpc) is 2.52. The largest absolute Gasteiger partial charge is 0.374 e. The zero-order valence-electron chi connectivity index (χ0n) is 7.83. The molecule has 0 aromatic rings. The van der Waals surface area contributed by atoms with Gasteiger partial charge in [0.25, 0.3) is 0 Å². The fourth-order valence-corrected chi connectivity index (χ4v) is 1.77. The van der Waals surface area contributed by atoms with Crippen LogP contribution in [0.1, 0.15) is 26.2 Å². The van der Waals surface area contributed by atoms with Crippen LogP contribution in [0.25, 0.3) is 0 Å². The van der Waals surface area contributed by atoms with Crippen LogP contribution in [0.4, 0.5) is 0 Å². The maximum Gasteiger partial charge on any atom is 0.0651 e. The first-order valence-electron chi connectivity index (χ1n) is 4.81. The van der Waals surface area contributed by atoms with Crippen LogP contribution in [-0.2, 0) is 4.74 Å². The van der Waals surface area contributed by atoms with E-state index >= 15 is 0 Å². The van der Waals surface area contributed by atoms with Crippen molar-refractivity contribution in [2.75, 3.05) is 13.2 Å². The summed E-state index contributed by atoms with van der Waals surface area (Å²) in [4.78, 5) is 0. The zero-order valence-corrected chi connectivity index (χ0v) is 7.83. The molecule has 2 atom stereocenters. The van der Waals surface area contributed by atoms with Crippen LogP contribution >= 0.6 is 0 Å². The summed E-state index contributed by atoms with van der Waals surface area (Å²) >= 11 is 0. The van der Waals surface area contributed by atoms with Gasteiger partial charge in [0.1, 0.15) is 0 Å². The van der Waals surface area contributed by atoms with Gasteiger partial charge in [0.15, 0.2) is 0 Å². The third kappa shape index (κ3) is 2.61. The minimum Gasteiger partial charge on any atom is -0.374 e. The summed E-state index contributed by atoms with van der Waals surface area (Å²) in [5.41, 5.74) is 5.63. The minimum atomic E-state index is 0.422. The highest BCUT2D eigenvalue weighted by Gasteiger charge is 2.25. The van der Waals surface area contributed by atoms with Gasteiger partial charge in [-0.15, -0.1) is 0 Å². The number of nitrogens with two attached hydrogens (primary N) is 1. The molecule has 0 bridgehead atoms. The van der Waals surface area contributed by atoms with E-state index in [9.17, 15) is 0 Å². The Morgan fingerprint density at radius 1 is 1.50 bits per heavy atom. The smallest absolute Gasteiger partial charge is 0.0651 e. The lowest BCUT2D eigenvalue weighted by Gasteiger charge is -2.17. The van der Waals surface area contributed by atoms with Crippen molar-refractivity contribution in [3.63, 3.8) is 0 Å². The van der Waals surface area contributed by atoms with Crippen LogP contribution in [-0.4, -0.2) is 19.3 Å². The number of ether oxygens (including phenoxy) is 1. The molecule has 1 aliphatic carbocycles. The lowest BCUT2D eigenvalue weighted by atomic mass is 10.1. The maximum absolute atomic E-state index is 5.68. The molecule has 2 N–H and O–H groups in total. The van der Waals surface area contributed by atoms with E-state index in [1.807, 2.05) is 19.1 Å². The molecule has 2 nitrogen and oxygen atoms in total. The molecule has 0 saturated heterocycles. The van der Waals surface area contributed by atoms with Gasteiger partial charge in [-0.3, -0.25) is 0 Å². The highest BCUT2D eigenvalue weighted by atomic mass is 16.5. The molecule has 0 aliphatic heterocycles. The SMILES string of the molecule is CC=CCOC1CCCC1CN. The van der Waals surface area contributed by atoms with E-state index in [2.05, 4.69) is 0 Å². The Bertz CT molecular complexity index is 145. The van der Waals surface area contributed by atoms with Gasteiger partial charge in [0.05, 0.1) is 12.7 Å². The highest BCUT2D eigenvalue weighted by Crippen LogP contribution is 2.27. The summed E-state index contributed by atoms with van der Waals surface area (Å²) < 4.78 is 5.68. The Kier molecular flexibility index (Phi) is 4.33. The first-order valence-corrected chi connectivity index (χ1v) is 4.81. The summed E-state index contributed by atoms with van der Waals surface area (Å²) in [6, 6.07) is 0. The minimum absolute atomic E-state index is 0.422. The van der Waals surface area contributed by atoms with Crippen LogP contribution in [0.3, 0.4) is 0 Å². The van der Waals surface area contributed by atoms with Gasteiger partial charge in [0.2, 0.25) is 0 Å². The van der Waals surface area contributed by atoms with Crippen LogP contribution in [0, 0.1) is 5.92 Å². The van der Waals surface area contributed by atoms with Crippen LogP contribution in [0.15, 0.2) is 12.2 Å². The Balaban J connectivity index is 2.21. The lowest BCUT2D eigenvalue weighted by molar-refractivity contribution is 0.0488. The molecule has 70 valence electrons. The second kappa shape index (κ2) is 5.33. The molecule has 1 fully saturated rings. The van der Waals surface area contributed by atoms with E-state index < -0.39 is 0 Å². The Labute approximate surface area is 74.8 Å². The third-order valence-electron chi connectivity index (χ3n) is 2.53. The molecule has 1 aliphatic rings. The summed E-state index contributed by atoms with van der Waals surface area (Å²) in [7, 11) is 0. The molecule has 0 amide bonds. The van der Waals surface area contributed by atoms with Gasteiger partial charge in [0, 0.05) is 0 Å². The number of hydrogen-bond acceptors (Lipinski definition) is 2. The summed E-state index contributed by atoms with van der Waals surface area (Å²) in [5.74, 6) is 0.607. The molecule has 1 saturated carbocycles. The van der Waals surface area contributed by atoms with Crippen molar-refractivity contribution >= 4 is 0 Å². The average molecular weight is 169 g/mol. The van der Waals surface area contributed by atoms with Gasteiger partial charge in [-0.25, -0.2) is 0 Å². The van der Waals surface area contributed by atoms with E-state index in [0.717, 1.165) is 13.2 Å². The topological polar surface area (TPSA) is 35.2 Å². The molecule has 0 radical (unpaired) electrons. The highest BCUT2D eigenvalue weighted by molar-refractivity contribution is 4.82. The van der Waals surface area contributed by atoms with Gasteiger partial charge in [-0.2, -0.15) is 0 Å². The van der Waals surface area contributed by atoms with Gasteiger partial charge < -0.3 is 10.5 Å². The summed E-state index contributed by atoms with van der Waals surface area (Å²) in [6.45, 7) is 3.54. The monoisotopic (exact) mass is 169 g/mol. The van der Waals surface area contributed by atoms with Gasteiger partial charge in [-0.1, -0.05) is 18.6 Å². The second-order valence-corrected chi connectivity index (χ2v) is 3.37. The third-order valence-corrected chi connectivity index (χ3v) is 2.53. The molecule has 0 heterocycles. The van der Waals surface area contributed by atoms with E-state index in [0.29, 0.717) is 12.0 Å². The molecule has 1 rings (SSSR count). The van der Waals surface area contributed by atoms with E-state index in [-0.39, 0.29) is 0 Å². The van der Waals surface area contributed by atoms with E-state index in [4.69, 9.17) is 10.5 Å². The van der Waals surface area contributed by atoms with Crippen LogP contribution in [0.5, 0.6) is 0 Å². The molecule has 2 unspecified atom stereocenters. The first kappa shape index (κ1) is 9.75. The number of rotatable bonds is 4. The molecule has 2 heteroatoms. The summed E-state index contributed by atoms with van der Waals surface area (Å²) in [5, 5.41) is 0. The van der Waals surface area contributed by atoms with Crippen molar-refractivity contribution in [1.29, 1.82) is 0 Å². The normalized spacial score (nSPS) is 30.2. The van der Waals surface area contributed by atoms with E-state index in [1.165, 1.54) is 19.3 Å². The fourth-order valence-electron chi connectivity index (χ4n) is 1.77. The van der Waals surface area contributed by atoms with Crippen LogP contribution in [0.2, 0.25) is 0 Å². The Morgan fingerprint density at radius 3 is 3.00 bits per heavy atom. The molecular weight excluding hydrogens is 150 g/mol. The van der Waals surface area contributed by atoms with Crippen molar-refractivity contribution in [1.82, 2.24) is 0 Å². The maximum atomic E-state index is 5.68. The van der Waals surface area contributed by atoms with Crippen molar-refractivity contribution < 1.29 is 4.74 Å². The number of allylic oxidation sites excluding steroid dienone is 1. The van der Waals surface area contributed by atoms with Gasteiger partial charge in [-0.05, 0) is 32.2 Å². The standard InChI is InChI=1S/C10H19NO/c1-2-3-7-12-10-6-4-5-9(10)8-11/h2-3,9-10H,4-8,11H2,1H3.